The minimum absolute atomic E-state index is 0.260. The number of ether oxygens (including phenoxy) is 1. The van der Waals surface area contributed by atoms with Crippen molar-refractivity contribution in [2.45, 2.75) is 19.3 Å². The normalized spacial score (nSPS) is 14.8. The zero-order valence-corrected chi connectivity index (χ0v) is 16.4. The minimum atomic E-state index is 0.260. The topological polar surface area (TPSA) is 96.5 Å². The van der Waals surface area contributed by atoms with Gasteiger partial charge in [-0.2, -0.15) is 4.98 Å². The summed E-state index contributed by atoms with van der Waals surface area (Å²) >= 11 is 0. The minimum Gasteiger partial charge on any atom is -0.497 e. The maximum atomic E-state index is 9.11. The Morgan fingerprint density at radius 1 is 1.21 bits per heavy atom. The monoisotopic (exact) mass is 395 g/mol. The Labute approximate surface area is 169 Å². The first-order valence-corrected chi connectivity index (χ1v) is 9.82. The highest BCUT2D eigenvalue weighted by atomic mass is 16.5. The van der Waals surface area contributed by atoms with E-state index in [1.807, 2.05) is 30.3 Å². The molecule has 3 heterocycles. The van der Waals surface area contributed by atoms with Crippen LogP contribution in [0, 0.1) is 5.92 Å². The van der Waals surface area contributed by atoms with E-state index in [1.165, 1.54) is 0 Å². The van der Waals surface area contributed by atoms with Crippen molar-refractivity contribution < 1.29 is 14.4 Å². The lowest BCUT2D eigenvalue weighted by Crippen LogP contribution is -2.35. The van der Waals surface area contributed by atoms with Gasteiger partial charge in [0.05, 0.1) is 7.11 Å². The van der Waals surface area contributed by atoms with Crippen LogP contribution in [0.25, 0.3) is 11.3 Å². The van der Waals surface area contributed by atoms with Crippen LogP contribution in [0.15, 0.2) is 47.1 Å². The van der Waals surface area contributed by atoms with Crippen molar-refractivity contribution in [1.29, 1.82) is 0 Å². The van der Waals surface area contributed by atoms with Crippen molar-refractivity contribution in [2.75, 3.05) is 37.0 Å². The van der Waals surface area contributed by atoms with Gasteiger partial charge in [0.1, 0.15) is 17.3 Å². The molecule has 0 atom stereocenters. The van der Waals surface area contributed by atoms with Gasteiger partial charge in [0.2, 0.25) is 11.8 Å². The highest BCUT2D eigenvalue weighted by Gasteiger charge is 2.20. The van der Waals surface area contributed by atoms with Crippen LogP contribution < -0.4 is 15.0 Å². The van der Waals surface area contributed by atoms with E-state index in [4.69, 9.17) is 14.4 Å². The van der Waals surface area contributed by atoms with Crippen LogP contribution in [0.3, 0.4) is 0 Å². The molecular formula is C21H25N5O3. The van der Waals surface area contributed by atoms with Crippen LogP contribution in [0.2, 0.25) is 0 Å². The number of piperidine rings is 1. The second-order valence-corrected chi connectivity index (χ2v) is 7.11. The van der Waals surface area contributed by atoms with Crippen LogP contribution in [0.5, 0.6) is 5.75 Å². The Morgan fingerprint density at radius 3 is 2.72 bits per heavy atom. The molecule has 1 saturated heterocycles. The van der Waals surface area contributed by atoms with E-state index in [2.05, 4.69) is 25.3 Å². The van der Waals surface area contributed by atoms with E-state index in [0.29, 0.717) is 23.6 Å². The summed E-state index contributed by atoms with van der Waals surface area (Å²) in [4.78, 5) is 11.2. The molecule has 0 saturated carbocycles. The fraction of sp³-hybridized carbons (Fsp3) is 0.381. The second-order valence-electron chi connectivity index (χ2n) is 7.11. The number of benzene rings is 1. The molecule has 1 fully saturated rings. The molecule has 8 nitrogen and oxygen atoms in total. The second kappa shape index (κ2) is 8.91. The summed E-state index contributed by atoms with van der Waals surface area (Å²) in [7, 11) is 1.64. The van der Waals surface area contributed by atoms with E-state index >= 15 is 0 Å². The highest BCUT2D eigenvalue weighted by Crippen LogP contribution is 2.27. The molecule has 3 aromatic rings. The van der Waals surface area contributed by atoms with Crippen molar-refractivity contribution in [1.82, 2.24) is 15.1 Å². The number of hydrogen-bond acceptors (Lipinski definition) is 8. The molecule has 4 rings (SSSR count). The van der Waals surface area contributed by atoms with Crippen LogP contribution in [0.4, 0.5) is 17.7 Å². The maximum Gasteiger partial charge on any atom is 0.230 e. The lowest BCUT2D eigenvalue weighted by molar-refractivity contribution is 0.240. The average molecular weight is 395 g/mol. The predicted octanol–water partition coefficient (Wildman–Crippen LogP) is 3.48. The number of methoxy groups -OCH3 is 1. The van der Waals surface area contributed by atoms with Crippen LogP contribution in [-0.4, -0.2) is 47.0 Å². The quantitative estimate of drug-likeness (QED) is 0.628. The molecule has 1 aliphatic heterocycles. The molecule has 152 valence electrons. The van der Waals surface area contributed by atoms with E-state index in [-0.39, 0.29) is 6.61 Å². The number of anilines is 3. The fourth-order valence-corrected chi connectivity index (χ4v) is 3.53. The molecule has 1 aliphatic rings. The van der Waals surface area contributed by atoms with Gasteiger partial charge in [-0.25, -0.2) is 4.98 Å². The molecule has 0 spiro atoms. The zero-order chi connectivity index (χ0) is 20.1. The van der Waals surface area contributed by atoms with Gasteiger partial charge in [0.15, 0.2) is 0 Å². The number of aliphatic hydroxyl groups is 1. The van der Waals surface area contributed by atoms with E-state index in [1.54, 1.807) is 19.4 Å². The number of aliphatic hydroxyl groups excluding tert-OH is 1. The zero-order valence-electron chi connectivity index (χ0n) is 16.4. The summed E-state index contributed by atoms with van der Waals surface area (Å²) in [5.41, 5.74) is 1.67. The number of nitrogens with zero attached hydrogens (tertiary/aromatic N) is 4. The first kappa shape index (κ1) is 19.2. The summed E-state index contributed by atoms with van der Waals surface area (Å²) in [5, 5.41) is 16.4. The Hall–Kier alpha value is -3.13. The van der Waals surface area contributed by atoms with Gasteiger partial charge in [-0.1, -0.05) is 5.16 Å². The number of hydrogen-bond donors (Lipinski definition) is 2. The van der Waals surface area contributed by atoms with Crippen molar-refractivity contribution in [2.24, 2.45) is 5.92 Å². The van der Waals surface area contributed by atoms with Gasteiger partial charge in [-0.05, 0) is 55.5 Å². The molecule has 0 radical (unpaired) electrons. The third-order valence-electron chi connectivity index (χ3n) is 5.22. The van der Waals surface area contributed by atoms with E-state index < -0.39 is 0 Å². The molecule has 0 unspecified atom stereocenters. The van der Waals surface area contributed by atoms with Crippen LogP contribution in [0.1, 0.15) is 19.3 Å². The molecule has 0 aliphatic carbocycles. The molecule has 0 amide bonds. The highest BCUT2D eigenvalue weighted by molar-refractivity contribution is 5.64. The lowest BCUT2D eigenvalue weighted by atomic mass is 9.94. The summed E-state index contributed by atoms with van der Waals surface area (Å²) in [6.07, 6.45) is 4.72. The molecule has 29 heavy (non-hydrogen) atoms. The Kier molecular flexibility index (Phi) is 5.90. The number of nitrogens with one attached hydrogen (secondary N) is 1. The van der Waals surface area contributed by atoms with Crippen molar-refractivity contribution in [3.05, 3.63) is 42.6 Å². The molecule has 0 bridgehead atoms. The van der Waals surface area contributed by atoms with Gasteiger partial charge in [-0.15, -0.1) is 0 Å². The Balaban J connectivity index is 1.41. The fourth-order valence-electron chi connectivity index (χ4n) is 3.53. The largest absolute Gasteiger partial charge is 0.497 e. The van der Waals surface area contributed by atoms with Gasteiger partial charge in [-0.3, -0.25) is 0 Å². The third kappa shape index (κ3) is 4.65. The van der Waals surface area contributed by atoms with Gasteiger partial charge in [0.25, 0.3) is 0 Å². The summed E-state index contributed by atoms with van der Waals surface area (Å²) in [5.74, 6) is 3.26. The smallest absolute Gasteiger partial charge is 0.230 e. The summed E-state index contributed by atoms with van der Waals surface area (Å²) < 4.78 is 10.6. The molecule has 8 heteroatoms. The maximum absolute atomic E-state index is 9.11. The number of aromatic nitrogens is 3. The standard InChI is InChI=1S/C21H25N5O3/c1-28-17-4-2-16(3-5-17)18-14-20(29-25-18)23-19-6-10-22-21(24-19)26-11-7-15(8-12-26)9-13-27/h2-6,10,14-15,27H,7-9,11-13H2,1H3,(H,22,23,24). The Bertz CT molecular complexity index is 920. The lowest BCUT2D eigenvalue weighted by Gasteiger charge is -2.31. The Morgan fingerprint density at radius 2 is 2.00 bits per heavy atom. The average Bonchev–Trinajstić information content (AvgIpc) is 3.23. The van der Waals surface area contributed by atoms with Crippen molar-refractivity contribution in [3.8, 4) is 17.0 Å². The van der Waals surface area contributed by atoms with Crippen molar-refractivity contribution >= 4 is 17.7 Å². The van der Waals surface area contributed by atoms with E-state index in [0.717, 1.165) is 49.4 Å². The van der Waals surface area contributed by atoms with Crippen molar-refractivity contribution in [3.63, 3.8) is 0 Å². The predicted molar refractivity (Wildman–Crippen MR) is 110 cm³/mol. The first-order chi connectivity index (χ1) is 14.2. The molecule has 2 aromatic heterocycles. The first-order valence-electron chi connectivity index (χ1n) is 9.82. The van der Waals surface area contributed by atoms with Crippen LogP contribution >= 0.6 is 0 Å². The summed E-state index contributed by atoms with van der Waals surface area (Å²) in [6, 6.07) is 11.3. The number of rotatable bonds is 7. The van der Waals surface area contributed by atoms with Crippen LogP contribution in [-0.2, 0) is 0 Å². The van der Waals surface area contributed by atoms with Gasteiger partial charge < -0.3 is 24.6 Å². The molecule has 1 aromatic carbocycles. The van der Waals surface area contributed by atoms with E-state index in [9.17, 15) is 0 Å². The van der Waals surface area contributed by atoms with Gasteiger partial charge >= 0.3 is 0 Å². The third-order valence-corrected chi connectivity index (χ3v) is 5.22. The van der Waals surface area contributed by atoms with Gasteiger partial charge in [0, 0.05) is 37.5 Å². The molecule has 2 N–H and O–H groups in total. The molecular weight excluding hydrogens is 370 g/mol. The SMILES string of the molecule is COc1ccc(-c2cc(Nc3ccnc(N4CCC(CCO)CC4)n3)on2)cc1. The summed E-state index contributed by atoms with van der Waals surface area (Å²) in [6.45, 7) is 2.06.